The normalized spacial score (nSPS) is 15.3. The summed E-state index contributed by atoms with van der Waals surface area (Å²) in [5.74, 6) is 0.0636. The summed E-state index contributed by atoms with van der Waals surface area (Å²) in [4.78, 5) is 12.4. The Balaban J connectivity index is 2.14. The molecule has 0 unspecified atom stereocenters. The Morgan fingerprint density at radius 3 is 2.50 bits per heavy atom. The first kappa shape index (κ1) is 18.7. The Kier molecular flexibility index (Phi) is 5.23. The van der Waals surface area contributed by atoms with Crippen molar-refractivity contribution in [1.82, 2.24) is 4.57 Å². The third-order valence-electron chi connectivity index (χ3n) is 5.12. The molecule has 1 N–H and O–H groups in total. The Labute approximate surface area is 155 Å². The number of rotatable bonds is 5. The fourth-order valence-electron chi connectivity index (χ4n) is 3.56. The number of anilines is 1. The van der Waals surface area contributed by atoms with Crippen LogP contribution in [-0.4, -0.2) is 24.8 Å². The molecule has 1 aliphatic rings. The second kappa shape index (κ2) is 7.27. The van der Waals surface area contributed by atoms with Gasteiger partial charge < -0.3 is 9.88 Å². The van der Waals surface area contributed by atoms with Crippen LogP contribution in [0.25, 0.3) is 11.1 Å². The SMILES string of the molecule is CCS(=O)(=O)c1ccc(NC2CCCC2)c(-c2cc(C)c(=O)n(C)c2)c1. The maximum atomic E-state index is 12.4. The molecule has 5 nitrogen and oxygen atoms in total. The number of benzene rings is 1. The lowest BCUT2D eigenvalue weighted by atomic mass is 10.0. The summed E-state index contributed by atoms with van der Waals surface area (Å²) in [5, 5.41) is 3.58. The molecule has 2 aromatic rings. The van der Waals surface area contributed by atoms with E-state index in [9.17, 15) is 13.2 Å². The molecule has 0 aliphatic heterocycles. The van der Waals surface area contributed by atoms with Gasteiger partial charge in [0.25, 0.3) is 5.56 Å². The average Bonchev–Trinajstić information content (AvgIpc) is 3.12. The summed E-state index contributed by atoms with van der Waals surface area (Å²) in [6.45, 7) is 3.43. The minimum absolute atomic E-state index is 0.0450. The lowest BCUT2D eigenvalue weighted by Crippen LogP contribution is -2.19. The summed E-state index contributed by atoms with van der Waals surface area (Å²) < 4.78 is 26.3. The van der Waals surface area contributed by atoms with Gasteiger partial charge in [0.2, 0.25) is 0 Å². The summed E-state index contributed by atoms with van der Waals surface area (Å²) >= 11 is 0. The lowest BCUT2D eigenvalue weighted by molar-refractivity contribution is 0.597. The molecule has 26 heavy (non-hydrogen) atoms. The number of nitrogens with one attached hydrogen (secondary N) is 1. The second-order valence-corrected chi connectivity index (χ2v) is 9.34. The Bertz CT molecular complexity index is 945. The van der Waals surface area contributed by atoms with Crippen molar-refractivity contribution in [2.24, 2.45) is 7.05 Å². The standard InChI is InChI=1S/C20H26N2O3S/c1-4-26(24,25)17-9-10-19(21-16-7-5-6-8-16)18(12-17)15-11-14(2)20(23)22(3)13-15/h9-13,16,21H,4-8H2,1-3H3. The van der Waals surface area contributed by atoms with E-state index in [1.165, 1.54) is 12.8 Å². The van der Waals surface area contributed by atoms with Gasteiger partial charge in [-0.25, -0.2) is 8.42 Å². The summed E-state index contributed by atoms with van der Waals surface area (Å²) in [5.41, 5.74) is 3.19. The Morgan fingerprint density at radius 2 is 1.88 bits per heavy atom. The van der Waals surface area contributed by atoms with Gasteiger partial charge >= 0.3 is 0 Å². The van der Waals surface area contributed by atoms with Crippen LogP contribution in [0.3, 0.4) is 0 Å². The molecule has 0 atom stereocenters. The summed E-state index contributed by atoms with van der Waals surface area (Å²) in [7, 11) is -1.58. The molecule has 1 saturated carbocycles. The number of aromatic nitrogens is 1. The van der Waals surface area contributed by atoms with Crippen molar-refractivity contribution >= 4 is 15.5 Å². The number of nitrogens with zero attached hydrogens (tertiary/aromatic N) is 1. The van der Waals surface area contributed by atoms with Crippen LogP contribution in [0.1, 0.15) is 38.2 Å². The lowest BCUT2D eigenvalue weighted by Gasteiger charge is -2.19. The van der Waals surface area contributed by atoms with Gasteiger partial charge in [-0.05, 0) is 44.0 Å². The molecule has 1 heterocycles. The van der Waals surface area contributed by atoms with Crippen LogP contribution in [0.15, 0.2) is 40.2 Å². The summed E-state index contributed by atoms with van der Waals surface area (Å²) in [6.07, 6.45) is 6.46. The van der Waals surface area contributed by atoms with Crippen LogP contribution in [0.4, 0.5) is 5.69 Å². The van der Waals surface area contributed by atoms with Crippen molar-refractivity contribution in [1.29, 1.82) is 0 Å². The first-order chi connectivity index (χ1) is 12.3. The minimum Gasteiger partial charge on any atom is -0.382 e. The van der Waals surface area contributed by atoms with Crippen LogP contribution in [0.5, 0.6) is 0 Å². The van der Waals surface area contributed by atoms with Crippen LogP contribution < -0.4 is 10.9 Å². The smallest absolute Gasteiger partial charge is 0.253 e. The van der Waals surface area contributed by atoms with Crippen LogP contribution in [0.2, 0.25) is 0 Å². The predicted octanol–water partition coefficient (Wildman–Crippen LogP) is 3.51. The zero-order valence-electron chi connectivity index (χ0n) is 15.6. The topological polar surface area (TPSA) is 68.2 Å². The van der Waals surface area contributed by atoms with Crippen LogP contribution in [0, 0.1) is 6.92 Å². The highest BCUT2D eigenvalue weighted by atomic mass is 32.2. The molecule has 0 amide bonds. The van der Waals surface area contributed by atoms with Gasteiger partial charge in [-0.3, -0.25) is 4.79 Å². The molecule has 0 saturated heterocycles. The fourth-order valence-corrected chi connectivity index (χ4v) is 4.47. The molecule has 0 spiro atoms. The third kappa shape index (κ3) is 3.70. The van der Waals surface area contributed by atoms with Crippen molar-refractivity contribution in [3.8, 4) is 11.1 Å². The molecule has 140 valence electrons. The molecule has 3 rings (SSSR count). The van der Waals surface area contributed by atoms with Crippen molar-refractivity contribution in [3.63, 3.8) is 0 Å². The van der Waals surface area contributed by atoms with E-state index in [0.29, 0.717) is 16.5 Å². The second-order valence-electron chi connectivity index (χ2n) is 7.06. The van der Waals surface area contributed by atoms with Gasteiger partial charge in [0.05, 0.1) is 10.6 Å². The van der Waals surface area contributed by atoms with E-state index in [2.05, 4.69) is 5.32 Å². The van der Waals surface area contributed by atoms with Gasteiger partial charge in [0, 0.05) is 41.7 Å². The molecule has 1 fully saturated rings. The van der Waals surface area contributed by atoms with Gasteiger partial charge in [-0.1, -0.05) is 19.8 Å². The molecule has 1 aromatic carbocycles. The quantitative estimate of drug-likeness (QED) is 0.870. The van der Waals surface area contributed by atoms with E-state index in [-0.39, 0.29) is 11.3 Å². The maximum Gasteiger partial charge on any atom is 0.253 e. The monoisotopic (exact) mass is 374 g/mol. The summed E-state index contributed by atoms with van der Waals surface area (Å²) in [6, 6.07) is 7.51. The molecule has 1 aromatic heterocycles. The largest absolute Gasteiger partial charge is 0.382 e. The van der Waals surface area contributed by atoms with Gasteiger partial charge in [0.1, 0.15) is 0 Å². The molecule has 0 bridgehead atoms. The first-order valence-corrected chi connectivity index (χ1v) is 10.8. The number of sulfone groups is 1. The van der Waals surface area contributed by atoms with Crippen molar-refractivity contribution in [2.75, 3.05) is 11.1 Å². The number of aryl methyl sites for hydroxylation is 2. The maximum absolute atomic E-state index is 12.4. The number of hydrogen-bond acceptors (Lipinski definition) is 4. The Hall–Kier alpha value is -2.08. The minimum atomic E-state index is -3.30. The fraction of sp³-hybridized carbons (Fsp3) is 0.450. The van der Waals surface area contributed by atoms with E-state index in [4.69, 9.17) is 0 Å². The van der Waals surface area contributed by atoms with E-state index >= 15 is 0 Å². The first-order valence-electron chi connectivity index (χ1n) is 9.13. The highest BCUT2D eigenvalue weighted by Crippen LogP contribution is 2.33. The van der Waals surface area contributed by atoms with Crippen molar-refractivity contribution < 1.29 is 8.42 Å². The molecular weight excluding hydrogens is 348 g/mol. The third-order valence-corrected chi connectivity index (χ3v) is 6.85. The van der Waals surface area contributed by atoms with E-state index in [0.717, 1.165) is 29.7 Å². The van der Waals surface area contributed by atoms with Gasteiger partial charge in [-0.2, -0.15) is 0 Å². The van der Waals surface area contributed by atoms with Crippen molar-refractivity contribution in [3.05, 3.63) is 46.4 Å². The van der Waals surface area contributed by atoms with Crippen LogP contribution in [-0.2, 0) is 16.9 Å². The van der Waals surface area contributed by atoms with Crippen LogP contribution >= 0.6 is 0 Å². The van der Waals surface area contributed by atoms with Crippen molar-refractivity contribution in [2.45, 2.75) is 50.5 Å². The number of hydrogen-bond donors (Lipinski definition) is 1. The zero-order chi connectivity index (χ0) is 18.9. The molecule has 6 heteroatoms. The van der Waals surface area contributed by atoms with E-state index in [1.807, 2.05) is 12.1 Å². The van der Waals surface area contributed by atoms with E-state index in [1.54, 1.807) is 43.8 Å². The zero-order valence-corrected chi connectivity index (χ0v) is 16.4. The predicted molar refractivity (Wildman–Crippen MR) is 105 cm³/mol. The molecular formula is C20H26N2O3S. The van der Waals surface area contributed by atoms with Gasteiger partial charge in [0.15, 0.2) is 9.84 Å². The number of pyridine rings is 1. The molecule has 1 aliphatic carbocycles. The van der Waals surface area contributed by atoms with E-state index < -0.39 is 9.84 Å². The highest BCUT2D eigenvalue weighted by Gasteiger charge is 2.19. The highest BCUT2D eigenvalue weighted by molar-refractivity contribution is 7.91. The Morgan fingerprint density at radius 1 is 1.19 bits per heavy atom. The van der Waals surface area contributed by atoms with Gasteiger partial charge in [-0.15, -0.1) is 0 Å². The average molecular weight is 375 g/mol. The molecule has 0 radical (unpaired) electrons.